The maximum atomic E-state index is 11.4. The van der Waals surface area contributed by atoms with Crippen molar-refractivity contribution in [2.75, 3.05) is 6.54 Å². The van der Waals surface area contributed by atoms with Gasteiger partial charge in [0.25, 0.3) is 0 Å². The molecule has 0 aromatic carbocycles. The number of amides is 1. The molecule has 1 rings (SSSR count). The molecule has 0 saturated heterocycles. The minimum atomic E-state index is -0.982. The topological polar surface area (TPSA) is 137 Å². The fourth-order valence-corrected chi connectivity index (χ4v) is 3.83. The normalized spacial score (nSPS) is 28.6. The van der Waals surface area contributed by atoms with E-state index in [1.54, 1.807) is 0 Å². The zero-order valence-corrected chi connectivity index (χ0v) is 15.3. The molecular formula is C17H32N4O4. The van der Waals surface area contributed by atoms with Crippen LogP contribution in [-0.2, 0) is 9.59 Å². The monoisotopic (exact) mass is 356 g/mol. The van der Waals surface area contributed by atoms with Crippen LogP contribution in [0.5, 0.6) is 0 Å². The molecule has 0 aromatic rings. The molecule has 0 bridgehead atoms. The largest absolute Gasteiger partial charge is 0.481 e. The maximum absolute atomic E-state index is 11.4. The van der Waals surface area contributed by atoms with Gasteiger partial charge in [-0.3, -0.25) is 9.59 Å². The average molecular weight is 356 g/mol. The molecule has 1 fully saturated rings. The predicted octanol–water partition coefficient (Wildman–Crippen LogP) is 0.507. The summed E-state index contributed by atoms with van der Waals surface area (Å²) < 4.78 is 0. The Balaban J connectivity index is 2.85. The summed E-state index contributed by atoms with van der Waals surface area (Å²) >= 11 is 0. The van der Waals surface area contributed by atoms with Crippen molar-refractivity contribution < 1.29 is 19.8 Å². The Morgan fingerprint density at radius 1 is 1.44 bits per heavy atom. The van der Waals surface area contributed by atoms with Crippen LogP contribution in [0.15, 0.2) is 5.10 Å². The molecule has 0 radical (unpaired) electrons. The number of carbonyl (C=O) groups excluding carboxylic acids is 1. The van der Waals surface area contributed by atoms with E-state index < -0.39 is 18.0 Å². The molecule has 0 heterocycles. The Hall–Kier alpha value is -1.83. The van der Waals surface area contributed by atoms with E-state index in [-0.39, 0.29) is 29.7 Å². The highest BCUT2D eigenvalue weighted by Gasteiger charge is 2.46. The van der Waals surface area contributed by atoms with Gasteiger partial charge in [0.15, 0.2) is 0 Å². The van der Waals surface area contributed by atoms with Gasteiger partial charge >= 0.3 is 5.97 Å². The number of rotatable bonds is 10. The number of carboxylic acid groups (broad SMARTS) is 1. The van der Waals surface area contributed by atoms with Crippen LogP contribution in [0, 0.1) is 23.7 Å². The number of carbonyl (C=O) groups is 2. The second-order valence-corrected chi connectivity index (χ2v) is 7.09. The van der Waals surface area contributed by atoms with Crippen LogP contribution in [0.4, 0.5) is 0 Å². The standard InChI is InChI=1S/C17H32N4O4/c1-4-5-12(10(2)8-19-11(3)22)6-13-15(20-9-21-18)7-14(16(13)23)17(24)25/h9-10,12-16,23H,4-8,18H2,1-3H3,(H,19,22)(H,20,21)(H,24,25)/t10?,12?,13-,14+,15-,16+/m1/s1. The number of carboxylic acids is 1. The Kier molecular flexibility index (Phi) is 8.68. The van der Waals surface area contributed by atoms with Crippen LogP contribution in [-0.4, -0.2) is 47.1 Å². The first-order valence-corrected chi connectivity index (χ1v) is 8.94. The van der Waals surface area contributed by atoms with Crippen LogP contribution in [0.1, 0.15) is 46.5 Å². The molecule has 0 aromatic heterocycles. The molecule has 144 valence electrons. The Bertz CT molecular complexity index is 472. The Morgan fingerprint density at radius 2 is 2.12 bits per heavy atom. The van der Waals surface area contributed by atoms with Gasteiger partial charge in [-0.1, -0.05) is 26.7 Å². The quantitative estimate of drug-likeness (QED) is 0.167. The summed E-state index contributed by atoms with van der Waals surface area (Å²) in [4.78, 5) is 22.6. The smallest absolute Gasteiger partial charge is 0.309 e. The highest BCUT2D eigenvalue weighted by atomic mass is 16.4. The molecule has 0 spiro atoms. The van der Waals surface area contributed by atoms with Gasteiger partial charge in [0.1, 0.15) is 6.34 Å². The van der Waals surface area contributed by atoms with E-state index in [0.29, 0.717) is 19.4 Å². The Labute approximate surface area is 149 Å². The van der Waals surface area contributed by atoms with Gasteiger partial charge in [0.05, 0.1) is 12.0 Å². The van der Waals surface area contributed by atoms with E-state index in [1.807, 2.05) is 0 Å². The van der Waals surface area contributed by atoms with Crippen molar-refractivity contribution in [3.63, 3.8) is 0 Å². The van der Waals surface area contributed by atoms with E-state index >= 15 is 0 Å². The first kappa shape index (κ1) is 21.2. The number of hydrogen-bond acceptors (Lipinski definition) is 5. The fraction of sp³-hybridized carbons (Fsp3) is 0.824. The van der Waals surface area contributed by atoms with Crippen LogP contribution in [0.25, 0.3) is 0 Å². The number of aliphatic hydroxyl groups is 1. The van der Waals surface area contributed by atoms with Gasteiger partial charge in [-0.15, -0.1) is 0 Å². The van der Waals surface area contributed by atoms with Crippen molar-refractivity contribution in [3.05, 3.63) is 0 Å². The van der Waals surface area contributed by atoms with E-state index in [9.17, 15) is 19.8 Å². The van der Waals surface area contributed by atoms with Crippen molar-refractivity contribution in [1.82, 2.24) is 10.6 Å². The average Bonchev–Trinajstić information content (AvgIpc) is 2.86. The summed E-state index contributed by atoms with van der Waals surface area (Å²) in [6, 6.07) is -0.185. The molecule has 1 aliphatic rings. The molecule has 1 aliphatic carbocycles. The summed E-state index contributed by atoms with van der Waals surface area (Å²) in [6.45, 7) is 6.25. The van der Waals surface area contributed by atoms with Crippen molar-refractivity contribution >= 4 is 18.2 Å². The lowest BCUT2D eigenvalue weighted by atomic mass is 9.79. The summed E-state index contributed by atoms with van der Waals surface area (Å²) in [7, 11) is 0. The third kappa shape index (κ3) is 6.19. The maximum Gasteiger partial charge on any atom is 0.309 e. The highest BCUT2D eigenvalue weighted by Crippen LogP contribution is 2.38. The number of nitrogens with zero attached hydrogens (tertiary/aromatic N) is 1. The van der Waals surface area contributed by atoms with Gasteiger partial charge in [-0.25, -0.2) is 0 Å². The molecule has 8 heteroatoms. The zero-order chi connectivity index (χ0) is 19.0. The summed E-state index contributed by atoms with van der Waals surface area (Å²) in [5, 5.41) is 29.2. The van der Waals surface area contributed by atoms with Crippen LogP contribution >= 0.6 is 0 Å². The summed E-state index contributed by atoms with van der Waals surface area (Å²) in [5.41, 5.74) is 0. The summed E-state index contributed by atoms with van der Waals surface area (Å²) in [6.07, 6.45) is 3.42. The lowest BCUT2D eigenvalue weighted by Crippen LogP contribution is -2.38. The number of hydrazone groups is 1. The number of aliphatic hydroxyl groups excluding tert-OH is 1. The molecular weight excluding hydrogens is 324 g/mol. The van der Waals surface area contributed by atoms with Crippen LogP contribution in [0.3, 0.4) is 0 Å². The second-order valence-electron chi connectivity index (χ2n) is 7.09. The minimum Gasteiger partial charge on any atom is -0.481 e. The summed E-state index contributed by atoms with van der Waals surface area (Å²) in [5.74, 6) is 3.62. The SMILES string of the molecule is CCCC(C[C@H]1[C@H](O)[C@@H](C(=O)O)C[C@H]1NC=NN)C(C)CNC(C)=O. The number of hydrogen-bond donors (Lipinski definition) is 5. The number of aliphatic carboxylic acids is 1. The molecule has 6 N–H and O–H groups in total. The second kappa shape index (κ2) is 10.2. The van der Waals surface area contributed by atoms with Crippen molar-refractivity contribution in [1.29, 1.82) is 0 Å². The number of nitrogens with two attached hydrogens (primary N) is 1. The third-order valence-electron chi connectivity index (χ3n) is 5.27. The first-order valence-electron chi connectivity index (χ1n) is 8.94. The highest BCUT2D eigenvalue weighted by molar-refractivity contribution is 5.72. The number of nitrogens with one attached hydrogen (secondary N) is 2. The van der Waals surface area contributed by atoms with E-state index in [0.717, 1.165) is 12.8 Å². The van der Waals surface area contributed by atoms with Crippen molar-refractivity contribution in [2.24, 2.45) is 34.6 Å². The van der Waals surface area contributed by atoms with Crippen molar-refractivity contribution in [3.8, 4) is 0 Å². The molecule has 25 heavy (non-hydrogen) atoms. The van der Waals surface area contributed by atoms with Gasteiger partial charge in [-0.05, 0) is 24.7 Å². The predicted molar refractivity (Wildman–Crippen MR) is 95.7 cm³/mol. The molecule has 6 atom stereocenters. The molecule has 0 aliphatic heterocycles. The van der Waals surface area contributed by atoms with Gasteiger partial charge in [0.2, 0.25) is 5.91 Å². The minimum absolute atomic E-state index is 0.0624. The van der Waals surface area contributed by atoms with Crippen molar-refractivity contribution in [2.45, 2.75) is 58.6 Å². The lowest BCUT2D eigenvalue weighted by Gasteiger charge is -2.31. The Morgan fingerprint density at radius 3 is 2.64 bits per heavy atom. The van der Waals surface area contributed by atoms with Gasteiger partial charge < -0.3 is 26.7 Å². The molecule has 1 saturated carbocycles. The van der Waals surface area contributed by atoms with E-state index in [4.69, 9.17) is 5.84 Å². The third-order valence-corrected chi connectivity index (χ3v) is 5.27. The van der Waals surface area contributed by atoms with Crippen LogP contribution < -0.4 is 16.5 Å². The first-order chi connectivity index (χ1) is 11.8. The van der Waals surface area contributed by atoms with Crippen LogP contribution in [0.2, 0.25) is 0 Å². The molecule has 8 nitrogen and oxygen atoms in total. The van der Waals surface area contributed by atoms with Gasteiger partial charge in [-0.2, -0.15) is 5.10 Å². The van der Waals surface area contributed by atoms with E-state index in [2.05, 4.69) is 29.6 Å². The van der Waals surface area contributed by atoms with E-state index in [1.165, 1.54) is 13.3 Å². The lowest BCUT2D eigenvalue weighted by molar-refractivity contribution is -0.145. The van der Waals surface area contributed by atoms with Gasteiger partial charge in [0, 0.05) is 25.4 Å². The molecule has 2 unspecified atom stereocenters. The molecule has 1 amide bonds. The zero-order valence-electron chi connectivity index (χ0n) is 15.3. The fourth-order valence-electron chi connectivity index (χ4n) is 3.83.